The van der Waals surface area contributed by atoms with E-state index in [9.17, 15) is 9.90 Å². The monoisotopic (exact) mass is 429 g/mol. The topological polar surface area (TPSA) is 65.5 Å². The molecule has 5 nitrogen and oxygen atoms in total. The Morgan fingerprint density at radius 2 is 1.69 bits per heavy atom. The van der Waals surface area contributed by atoms with Crippen molar-refractivity contribution in [1.29, 1.82) is 0 Å². The summed E-state index contributed by atoms with van der Waals surface area (Å²) in [5.74, 6) is 0.546. The van der Waals surface area contributed by atoms with Crippen LogP contribution in [0.25, 0.3) is 0 Å². The molecule has 1 aliphatic heterocycles. The molecule has 2 aromatic carbocycles. The van der Waals surface area contributed by atoms with Gasteiger partial charge in [0.05, 0.1) is 11.3 Å². The van der Waals surface area contributed by atoms with Crippen molar-refractivity contribution in [3.63, 3.8) is 0 Å². The van der Waals surface area contributed by atoms with Gasteiger partial charge >= 0.3 is 0 Å². The number of benzene rings is 2. The number of aromatic hydroxyl groups is 1. The van der Waals surface area contributed by atoms with Crippen LogP contribution in [0.2, 0.25) is 0 Å². The predicted octanol–water partition coefficient (Wildman–Crippen LogP) is 4.71. The van der Waals surface area contributed by atoms with Crippen LogP contribution in [0, 0.1) is 13.8 Å². The standard InChI is InChI=1S/C27H31N3O2/c1-19-7-3-4-8-22(19)17-28-27(32)24-12-11-20(2)29-26(24)21-13-15-30(16-14-21)18-23-9-5-6-10-25(23)31/h3-12,21,31H,13-18H2,1-2H3,(H,28,32). The van der Waals surface area contributed by atoms with Crippen LogP contribution in [-0.2, 0) is 13.1 Å². The van der Waals surface area contributed by atoms with E-state index >= 15 is 0 Å². The van der Waals surface area contributed by atoms with Crippen molar-refractivity contribution in [3.8, 4) is 5.75 Å². The number of rotatable bonds is 6. The molecule has 0 aliphatic carbocycles. The molecule has 2 heterocycles. The molecule has 5 heteroatoms. The molecule has 1 saturated heterocycles. The number of hydrogen-bond acceptors (Lipinski definition) is 4. The number of likely N-dealkylation sites (tertiary alicyclic amines) is 1. The Kier molecular flexibility index (Phi) is 6.86. The molecule has 0 radical (unpaired) electrons. The van der Waals surface area contributed by atoms with Crippen molar-refractivity contribution >= 4 is 5.91 Å². The second-order valence-corrected chi connectivity index (χ2v) is 8.67. The number of carbonyl (C=O) groups excluding carboxylic acids is 1. The van der Waals surface area contributed by atoms with Crippen molar-refractivity contribution < 1.29 is 9.90 Å². The molecule has 3 aromatic rings. The highest BCUT2D eigenvalue weighted by Gasteiger charge is 2.26. The lowest BCUT2D eigenvalue weighted by molar-refractivity contribution is 0.0947. The minimum absolute atomic E-state index is 0.0626. The zero-order valence-corrected chi connectivity index (χ0v) is 18.8. The summed E-state index contributed by atoms with van der Waals surface area (Å²) in [7, 11) is 0. The fourth-order valence-corrected chi connectivity index (χ4v) is 4.41. The summed E-state index contributed by atoms with van der Waals surface area (Å²) < 4.78 is 0. The minimum atomic E-state index is -0.0626. The largest absolute Gasteiger partial charge is 0.508 e. The number of nitrogens with zero attached hydrogens (tertiary/aromatic N) is 2. The van der Waals surface area contributed by atoms with Crippen LogP contribution >= 0.6 is 0 Å². The van der Waals surface area contributed by atoms with Crippen LogP contribution < -0.4 is 5.32 Å². The number of piperidine rings is 1. The van der Waals surface area contributed by atoms with E-state index in [1.165, 1.54) is 5.56 Å². The summed E-state index contributed by atoms with van der Waals surface area (Å²) in [4.78, 5) is 20.2. The van der Waals surface area contributed by atoms with Crippen LogP contribution in [-0.4, -0.2) is 34.0 Å². The molecule has 0 bridgehead atoms. The number of para-hydroxylation sites is 1. The normalized spacial score (nSPS) is 14.9. The molecule has 1 fully saturated rings. The Labute approximate surface area is 190 Å². The molecule has 32 heavy (non-hydrogen) atoms. The molecule has 1 aromatic heterocycles. The van der Waals surface area contributed by atoms with Crippen molar-refractivity contribution in [1.82, 2.24) is 15.2 Å². The van der Waals surface area contributed by atoms with Crippen LogP contribution in [0.4, 0.5) is 0 Å². The number of amides is 1. The lowest BCUT2D eigenvalue weighted by Crippen LogP contribution is -2.34. The highest BCUT2D eigenvalue weighted by atomic mass is 16.3. The Bertz CT molecular complexity index is 1090. The van der Waals surface area contributed by atoms with Gasteiger partial charge in [0, 0.05) is 30.3 Å². The van der Waals surface area contributed by atoms with E-state index < -0.39 is 0 Å². The number of carbonyl (C=O) groups is 1. The first-order valence-electron chi connectivity index (χ1n) is 11.3. The molecule has 0 unspecified atom stereocenters. The summed E-state index contributed by atoms with van der Waals surface area (Å²) in [6.45, 7) is 7.12. The minimum Gasteiger partial charge on any atom is -0.508 e. The van der Waals surface area contributed by atoms with Crippen LogP contribution in [0.5, 0.6) is 5.75 Å². The van der Waals surface area contributed by atoms with Crippen LogP contribution in [0.15, 0.2) is 60.7 Å². The first kappa shape index (κ1) is 22.0. The Morgan fingerprint density at radius 1 is 1.00 bits per heavy atom. The lowest BCUT2D eigenvalue weighted by atomic mass is 9.89. The van der Waals surface area contributed by atoms with Gasteiger partial charge in [0.25, 0.3) is 5.91 Å². The second-order valence-electron chi connectivity index (χ2n) is 8.67. The van der Waals surface area contributed by atoms with Crippen molar-refractivity contribution in [2.75, 3.05) is 13.1 Å². The summed E-state index contributed by atoms with van der Waals surface area (Å²) in [6.07, 6.45) is 1.89. The van der Waals surface area contributed by atoms with Gasteiger partial charge in [0.1, 0.15) is 5.75 Å². The van der Waals surface area contributed by atoms with Gasteiger partial charge in [-0.3, -0.25) is 14.7 Å². The Hall–Kier alpha value is -3.18. The van der Waals surface area contributed by atoms with Crippen LogP contribution in [0.3, 0.4) is 0 Å². The number of phenols is 1. The van der Waals surface area contributed by atoms with E-state index in [1.807, 2.05) is 55.5 Å². The van der Waals surface area contributed by atoms with Gasteiger partial charge in [-0.15, -0.1) is 0 Å². The van der Waals surface area contributed by atoms with E-state index in [0.29, 0.717) is 17.9 Å². The van der Waals surface area contributed by atoms with E-state index in [2.05, 4.69) is 23.2 Å². The molecule has 4 rings (SSSR count). The van der Waals surface area contributed by atoms with Gasteiger partial charge < -0.3 is 10.4 Å². The third kappa shape index (κ3) is 5.17. The first-order chi connectivity index (χ1) is 15.5. The molecule has 0 atom stereocenters. The fraction of sp³-hybridized carbons (Fsp3) is 0.333. The maximum atomic E-state index is 13.1. The van der Waals surface area contributed by atoms with E-state index in [1.54, 1.807) is 6.07 Å². The number of nitrogens with one attached hydrogen (secondary N) is 1. The maximum Gasteiger partial charge on any atom is 0.253 e. The molecular formula is C27H31N3O2. The predicted molar refractivity (Wildman–Crippen MR) is 127 cm³/mol. The lowest BCUT2D eigenvalue weighted by Gasteiger charge is -2.32. The second kappa shape index (κ2) is 9.96. The molecule has 166 valence electrons. The number of aryl methyl sites for hydroxylation is 2. The average molecular weight is 430 g/mol. The Morgan fingerprint density at radius 3 is 2.41 bits per heavy atom. The van der Waals surface area contributed by atoms with E-state index in [4.69, 9.17) is 4.98 Å². The fourth-order valence-electron chi connectivity index (χ4n) is 4.41. The molecule has 1 amide bonds. The molecular weight excluding hydrogens is 398 g/mol. The maximum absolute atomic E-state index is 13.1. The number of aromatic nitrogens is 1. The van der Waals surface area contributed by atoms with Crippen LogP contribution in [0.1, 0.15) is 57.2 Å². The highest BCUT2D eigenvalue weighted by Crippen LogP contribution is 2.31. The smallest absolute Gasteiger partial charge is 0.253 e. The average Bonchev–Trinajstić information content (AvgIpc) is 2.80. The van der Waals surface area contributed by atoms with Gasteiger partial charge in [-0.2, -0.15) is 0 Å². The van der Waals surface area contributed by atoms with E-state index in [-0.39, 0.29) is 11.8 Å². The number of hydrogen-bond donors (Lipinski definition) is 2. The summed E-state index contributed by atoms with van der Waals surface area (Å²) in [5, 5.41) is 13.2. The quantitative estimate of drug-likeness (QED) is 0.595. The molecule has 0 saturated carbocycles. The summed E-state index contributed by atoms with van der Waals surface area (Å²) in [5.41, 5.74) is 5.78. The zero-order chi connectivity index (χ0) is 22.5. The highest BCUT2D eigenvalue weighted by molar-refractivity contribution is 5.95. The SMILES string of the molecule is Cc1ccc(C(=O)NCc2ccccc2C)c(C2CCN(Cc3ccccc3O)CC2)n1. The molecule has 1 aliphatic rings. The summed E-state index contributed by atoms with van der Waals surface area (Å²) in [6, 6.07) is 19.5. The molecule has 2 N–H and O–H groups in total. The van der Waals surface area contributed by atoms with Gasteiger partial charge in [-0.25, -0.2) is 0 Å². The molecule has 0 spiro atoms. The third-order valence-electron chi connectivity index (χ3n) is 6.37. The van der Waals surface area contributed by atoms with Gasteiger partial charge in [0.2, 0.25) is 0 Å². The summed E-state index contributed by atoms with van der Waals surface area (Å²) >= 11 is 0. The number of pyridine rings is 1. The van der Waals surface area contributed by atoms with Crippen molar-refractivity contribution in [2.45, 2.75) is 45.7 Å². The van der Waals surface area contributed by atoms with E-state index in [0.717, 1.165) is 55.0 Å². The Balaban J connectivity index is 1.43. The number of phenolic OH excluding ortho intramolecular Hbond substituents is 1. The first-order valence-corrected chi connectivity index (χ1v) is 11.3. The third-order valence-corrected chi connectivity index (χ3v) is 6.37. The van der Waals surface area contributed by atoms with Gasteiger partial charge in [0.15, 0.2) is 0 Å². The zero-order valence-electron chi connectivity index (χ0n) is 18.8. The van der Waals surface area contributed by atoms with Gasteiger partial charge in [-0.1, -0.05) is 42.5 Å². The van der Waals surface area contributed by atoms with Crippen molar-refractivity contribution in [2.24, 2.45) is 0 Å². The van der Waals surface area contributed by atoms with Gasteiger partial charge in [-0.05, 0) is 69.1 Å². The van der Waals surface area contributed by atoms with Crippen molar-refractivity contribution in [3.05, 3.63) is 94.3 Å².